The number of aromatic nitrogens is 2. The topological polar surface area (TPSA) is 51.8 Å². The van der Waals surface area contributed by atoms with Crippen molar-refractivity contribution in [2.24, 2.45) is 5.73 Å². The zero-order valence-corrected chi connectivity index (χ0v) is 7.20. The third-order valence-corrected chi connectivity index (χ3v) is 1.51. The van der Waals surface area contributed by atoms with Gasteiger partial charge in [-0.3, -0.25) is 0 Å². The fourth-order valence-electron chi connectivity index (χ4n) is 0.888. The first-order valence-corrected chi connectivity index (χ1v) is 3.91. The highest BCUT2D eigenvalue weighted by atomic mass is 19.4. The highest BCUT2D eigenvalue weighted by Gasteiger charge is 2.17. The van der Waals surface area contributed by atoms with Gasteiger partial charge >= 0.3 is 6.98 Å². The van der Waals surface area contributed by atoms with E-state index in [9.17, 15) is 12.9 Å². The van der Waals surface area contributed by atoms with E-state index in [1.165, 1.54) is 12.5 Å². The van der Waals surface area contributed by atoms with E-state index in [0.717, 1.165) is 6.08 Å². The van der Waals surface area contributed by atoms with Crippen LogP contribution in [0.5, 0.6) is 0 Å². The molecule has 0 aliphatic heterocycles. The fourth-order valence-corrected chi connectivity index (χ4v) is 0.888. The number of nitrogens with two attached hydrogens (primary N) is 1. The number of hydrogen-bond donors (Lipinski definition) is 1. The van der Waals surface area contributed by atoms with Gasteiger partial charge in [0.05, 0.1) is 5.69 Å². The lowest BCUT2D eigenvalue weighted by atomic mass is 9.90. The smallest absolute Gasteiger partial charge is 0.445 e. The Hall–Kier alpha value is -1.37. The van der Waals surface area contributed by atoms with Crippen molar-refractivity contribution in [2.75, 3.05) is 0 Å². The van der Waals surface area contributed by atoms with E-state index in [-0.39, 0.29) is 12.5 Å². The molecule has 1 rings (SSSR count). The van der Waals surface area contributed by atoms with Gasteiger partial charge in [-0.1, -0.05) is 6.08 Å². The predicted molar refractivity (Wildman–Crippen MR) is 48.0 cm³/mol. The molecule has 1 aromatic heterocycles. The lowest BCUT2D eigenvalue weighted by Crippen LogP contribution is -2.10. The van der Waals surface area contributed by atoms with Crippen LogP contribution in [0.1, 0.15) is 11.3 Å². The first-order chi connectivity index (χ1) is 6.53. The van der Waals surface area contributed by atoms with Gasteiger partial charge in [0.25, 0.3) is 0 Å². The summed E-state index contributed by atoms with van der Waals surface area (Å²) in [6.45, 7) is -4.84. The standard InChI is InChI=1S/C7H8BF3N3/c9-8(10,11)2-1-6-4-13-5-14-7(6)3-12/h1-2,4-5H,3,12H2/q-1/b2-1+. The molecule has 76 valence electrons. The average molecular weight is 202 g/mol. The second-order valence-corrected chi connectivity index (χ2v) is 2.61. The predicted octanol–water partition coefficient (Wildman–Crippen LogP) is 1.34. The van der Waals surface area contributed by atoms with Crippen molar-refractivity contribution in [2.45, 2.75) is 6.54 Å². The molecule has 14 heavy (non-hydrogen) atoms. The monoisotopic (exact) mass is 202 g/mol. The summed E-state index contributed by atoms with van der Waals surface area (Å²) in [5, 5.41) is 0. The molecule has 0 aromatic carbocycles. The molecule has 0 amide bonds. The summed E-state index contributed by atoms with van der Waals surface area (Å²) in [6, 6.07) is 0. The van der Waals surface area contributed by atoms with E-state index in [1.807, 2.05) is 0 Å². The van der Waals surface area contributed by atoms with E-state index in [0.29, 0.717) is 11.3 Å². The van der Waals surface area contributed by atoms with Crippen LogP contribution in [-0.2, 0) is 6.54 Å². The normalized spacial score (nSPS) is 12.3. The number of rotatable bonds is 3. The summed E-state index contributed by atoms with van der Waals surface area (Å²) in [5.74, 6) is 0.192. The number of halogens is 3. The number of nitrogens with zero attached hydrogens (tertiary/aromatic N) is 2. The molecule has 0 unspecified atom stereocenters. The molecule has 0 aliphatic carbocycles. The van der Waals surface area contributed by atoms with E-state index in [2.05, 4.69) is 9.97 Å². The molecular weight excluding hydrogens is 194 g/mol. The van der Waals surface area contributed by atoms with Crippen LogP contribution in [-0.4, -0.2) is 16.9 Å². The van der Waals surface area contributed by atoms with Crippen LogP contribution < -0.4 is 5.73 Å². The third-order valence-electron chi connectivity index (χ3n) is 1.51. The van der Waals surface area contributed by atoms with Crippen LogP contribution in [0.25, 0.3) is 6.08 Å². The Morgan fingerprint density at radius 2 is 2.14 bits per heavy atom. The molecule has 0 saturated heterocycles. The van der Waals surface area contributed by atoms with Crippen molar-refractivity contribution >= 4 is 13.1 Å². The van der Waals surface area contributed by atoms with Crippen LogP contribution in [0.2, 0.25) is 0 Å². The first-order valence-electron chi connectivity index (χ1n) is 3.91. The van der Waals surface area contributed by atoms with Crippen molar-refractivity contribution < 1.29 is 12.9 Å². The summed E-state index contributed by atoms with van der Waals surface area (Å²) >= 11 is 0. The SMILES string of the molecule is NCc1ncncc1/C=C/[B-](F)(F)F. The molecule has 2 N–H and O–H groups in total. The first kappa shape index (κ1) is 10.7. The van der Waals surface area contributed by atoms with Gasteiger partial charge in [-0.2, -0.15) is 0 Å². The van der Waals surface area contributed by atoms with Crippen LogP contribution >= 0.6 is 0 Å². The van der Waals surface area contributed by atoms with Crippen molar-refractivity contribution in [1.82, 2.24) is 9.97 Å². The minimum Gasteiger partial charge on any atom is -0.445 e. The van der Waals surface area contributed by atoms with E-state index in [4.69, 9.17) is 5.73 Å². The molecule has 0 atom stereocenters. The van der Waals surface area contributed by atoms with Gasteiger partial charge in [-0.05, 0) is 0 Å². The molecule has 0 bridgehead atoms. The lowest BCUT2D eigenvalue weighted by Gasteiger charge is -2.07. The van der Waals surface area contributed by atoms with Gasteiger partial charge in [0.1, 0.15) is 6.33 Å². The summed E-state index contributed by atoms with van der Waals surface area (Å²) in [6.07, 6.45) is 3.48. The van der Waals surface area contributed by atoms with Crippen LogP contribution in [0.15, 0.2) is 18.5 Å². The Kier molecular flexibility index (Phi) is 3.24. The second-order valence-electron chi connectivity index (χ2n) is 2.61. The van der Waals surface area contributed by atoms with E-state index in [1.54, 1.807) is 0 Å². The maximum atomic E-state index is 11.9. The Balaban J connectivity index is 2.91. The Morgan fingerprint density at radius 1 is 1.43 bits per heavy atom. The maximum Gasteiger partial charge on any atom is 0.502 e. The molecule has 0 fully saturated rings. The minimum atomic E-state index is -4.93. The zero-order chi connectivity index (χ0) is 10.6. The quantitative estimate of drug-likeness (QED) is 0.752. The van der Waals surface area contributed by atoms with Crippen LogP contribution in [0.4, 0.5) is 12.9 Å². The molecule has 3 nitrogen and oxygen atoms in total. The zero-order valence-electron chi connectivity index (χ0n) is 7.20. The van der Waals surface area contributed by atoms with Crippen LogP contribution in [0, 0.1) is 0 Å². The Morgan fingerprint density at radius 3 is 2.71 bits per heavy atom. The highest BCUT2D eigenvalue weighted by Crippen LogP contribution is 2.13. The van der Waals surface area contributed by atoms with Gasteiger partial charge in [0.2, 0.25) is 0 Å². The molecule has 1 heterocycles. The molecule has 0 aliphatic rings. The molecule has 0 spiro atoms. The molecular formula is C7H8BF3N3-. The highest BCUT2D eigenvalue weighted by molar-refractivity contribution is 6.64. The maximum absolute atomic E-state index is 11.9. The van der Waals surface area contributed by atoms with E-state index < -0.39 is 6.98 Å². The van der Waals surface area contributed by atoms with Gasteiger partial charge in [0.15, 0.2) is 0 Å². The minimum absolute atomic E-state index is 0.0903. The fraction of sp³-hybridized carbons (Fsp3) is 0.143. The van der Waals surface area contributed by atoms with Crippen molar-refractivity contribution in [1.29, 1.82) is 0 Å². The average Bonchev–Trinajstić information content (AvgIpc) is 2.14. The molecule has 1 aromatic rings. The molecule has 0 saturated carbocycles. The lowest BCUT2D eigenvalue weighted by molar-refractivity contribution is 0.499. The van der Waals surface area contributed by atoms with Gasteiger partial charge < -0.3 is 18.7 Å². The van der Waals surface area contributed by atoms with Crippen molar-refractivity contribution in [3.05, 3.63) is 29.8 Å². The Bertz CT molecular complexity index is 337. The van der Waals surface area contributed by atoms with Gasteiger partial charge in [-0.15, -0.1) is 5.98 Å². The third kappa shape index (κ3) is 3.17. The van der Waals surface area contributed by atoms with Crippen LogP contribution in [0.3, 0.4) is 0 Å². The van der Waals surface area contributed by atoms with Gasteiger partial charge in [-0.25, -0.2) is 9.97 Å². The van der Waals surface area contributed by atoms with E-state index >= 15 is 0 Å². The summed E-state index contributed by atoms with van der Waals surface area (Å²) in [7, 11) is 0. The summed E-state index contributed by atoms with van der Waals surface area (Å²) in [4.78, 5) is 7.37. The van der Waals surface area contributed by atoms with Gasteiger partial charge in [0, 0.05) is 18.3 Å². The number of hydrogen-bond acceptors (Lipinski definition) is 3. The Labute approximate surface area is 78.9 Å². The summed E-state index contributed by atoms with van der Waals surface area (Å²) < 4.78 is 35.6. The largest absolute Gasteiger partial charge is 0.502 e. The summed E-state index contributed by atoms with van der Waals surface area (Å²) in [5.41, 5.74) is 5.99. The molecule has 0 radical (unpaired) electrons. The van der Waals surface area contributed by atoms with Crippen molar-refractivity contribution in [3.8, 4) is 0 Å². The second kappa shape index (κ2) is 4.23. The van der Waals surface area contributed by atoms with Crippen molar-refractivity contribution in [3.63, 3.8) is 0 Å². The molecule has 7 heteroatoms.